The summed E-state index contributed by atoms with van der Waals surface area (Å²) < 4.78 is 31.2. The fourth-order valence-corrected chi connectivity index (χ4v) is 4.43. The number of ether oxygens (including phenoxy) is 1. The molecule has 1 aromatic heterocycles. The van der Waals surface area contributed by atoms with E-state index in [0.717, 1.165) is 0 Å². The molecule has 0 aliphatic heterocycles. The highest BCUT2D eigenvalue weighted by Gasteiger charge is 2.21. The van der Waals surface area contributed by atoms with Crippen molar-refractivity contribution in [2.45, 2.75) is 16.7 Å². The molecule has 0 spiro atoms. The number of aliphatic carboxylic acids is 1. The van der Waals surface area contributed by atoms with Crippen molar-refractivity contribution in [3.63, 3.8) is 0 Å². The van der Waals surface area contributed by atoms with Crippen LogP contribution in [0.2, 0.25) is 0 Å². The zero-order valence-electron chi connectivity index (χ0n) is 10.3. The molecule has 2 N–H and O–H groups in total. The molecule has 1 aromatic rings. The molecule has 0 unspecified atom stereocenters. The third-order valence-corrected chi connectivity index (χ3v) is 5.79. The summed E-state index contributed by atoms with van der Waals surface area (Å²) in [4.78, 5) is 11.5. The van der Waals surface area contributed by atoms with Crippen molar-refractivity contribution in [1.29, 1.82) is 0 Å². The molecule has 6 nitrogen and oxygen atoms in total. The molecular weight excluding hydrogens is 349 g/mol. The van der Waals surface area contributed by atoms with Gasteiger partial charge >= 0.3 is 5.97 Å². The Kier molecular flexibility index (Phi) is 7.21. The lowest BCUT2D eigenvalue weighted by Crippen LogP contribution is -2.28. The quantitative estimate of drug-likeness (QED) is 0.514. The molecule has 20 heavy (non-hydrogen) atoms. The predicted octanol–water partition coefficient (Wildman–Crippen LogP) is 1.61. The molecule has 0 amide bonds. The minimum absolute atomic E-state index is 0.0244. The average molecular weight is 362 g/mol. The number of thiophene rings is 1. The van der Waals surface area contributed by atoms with Crippen LogP contribution >= 0.6 is 34.5 Å². The number of nitrogens with one attached hydrogen (secondary N) is 1. The van der Waals surface area contributed by atoms with Gasteiger partial charge in [-0.25, -0.2) is 17.9 Å². The van der Waals surface area contributed by atoms with Crippen molar-refractivity contribution in [2.75, 3.05) is 19.8 Å². The summed E-state index contributed by atoms with van der Waals surface area (Å²) in [5.74, 6) is -0.819. The number of halogens is 2. The molecule has 1 heterocycles. The predicted molar refractivity (Wildman–Crippen MR) is 77.1 cm³/mol. The van der Waals surface area contributed by atoms with Crippen molar-refractivity contribution >= 4 is 50.5 Å². The van der Waals surface area contributed by atoms with Gasteiger partial charge in [-0.15, -0.1) is 34.5 Å². The van der Waals surface area contributed by atoms with Crippen LogP contribution in [-0.4, -0.2) is 39.3 Å². The number of carboxylic acids is 1. The van der Waals surface area contributed by atoms with Gasteiger partial charge in [-0.2, -0.15) is 0 Å². The lowest BCUT2D eigenvalue weighted by Gasteiger charge is -2.06. The van der Waals surface area contributed by atoms with Crippen LogP contribution in [0.25, 0.3) is 0 Å². The van der Waals surface area contributed by atoms with Crippen LogP contribution in [0.1, 0.15) is 9.75 Å². The summed E-state index contributed by atoms with van der Waals surface area (Å²) >= 11 is 12.6. The van der Waals surface area contributed by atoms with Crippen LogP contribution in [-0.2, 0) is 31.3 Å². The molecule has 0 radical (unpaired) electrons. The topological polar surface area (TPSA) is 92.7 Å². The number of hydrogen-bond donors (Lipinski definition) is 2. The van der Waals surface area contributed by atoms with E-state index in [1.165, 1.54) is 17.4 Å². The standard InChI is InChI=1S/C10H13Cl2NO5S2/c11-4-7-3-9(8(5-12)19-7)20(16,17)13-1-2-18-6-10(14)15/h3,13H,1-2,4-6H2,(H,14,15). The Morgan fingerprint density at radius 2 is 2.10 bits per heavy atom. The zero-order valence-corrected chi connectivity index (χ0v) is 13.4. The molecular formula is C10H13Cl2NO5S2. The van der Waals surface area contributed by atoms with Crippen molar-refractivity contribution in [3.8, 4) is 0 Å². The Morgan fingerprint density at radius 1 is 1.40 bits per heavy atom. The van der Waals surface area contributed by atoms with Gasteiger partial charge in [0.15, 0.2) is 0 Å². The van der Waals surface area contributed by atoms with E-state index in [2.05, 4.69) is 4.72 Å². The van der Waals surface area contributed by atoms with Gasteiger partial charge in [-0.3, -0.25) is 0 Å². The van der Waals surface area contributed by atoms with Gasteiger partial charge in [-0.1, -0.05) is 0 Å². The van der Waals surface area contributed by atoms with E-state index in [-0.39, 0.29) is 29.8 Å². The third-order valence-electron chi connectivity index (χ3n) is 2.13. The minimum Gasteiger partial charge on any atom is -0.480 e. The first-order chi connectivity index (χ1) is 9.40. The Morgan fingerprint density at radius 3 is 2.65 bits per heavy atom. The molecule has 0 aliphatic rings. The molecule has 0 aliphatic carbocycles. The zero-order chi connectivity index (χ0) is 15.2. The Bertz CT molecular complexity index is 558. The first-order valence-corrected chi connectivity index (χ1v) is 8.80. The molecule has 0 bridgehead atoms. The van der Waals surface area contributed by atoms with E-state index >= 15 is 0 Å². The van der Waals surface area contributed by atoms with Gasteiger partial charge in [0.05, 0.1) is 23.3 Å². The number of carbonyl (C=O) groups is 1. The Hall–Kier alpha value is -0.380. The Balaban J connectivity index is 2.64. The average Bonchev–Trinajstić information content (AvgIpc) is 2.82. The smallest absolute Gasteiger partial charge is 0.329 e. The molecule has 10 heteroatoms. The van der Waals surface area contributed by atoms with Crippen molar-refractivity contribution in [1.82, 2.24) is 4.72 Å². The maximum atomic E-state index is 12.1. The van der Waals surface area contributed by atoms with E-state index in [1.807, 2.05) is 0 Å². The van der Waals surface area contributed by atoms with Gasteiger partial charge < -0.3 is 9.84 Å². The van der Waals surface area contributed by atoms with Gasteiger partial charge in [-0.05, 0) is 6.07 Å². The van der Waals surface area contributed by atoms with Gasteiger partial charge in [0.25, 0.3) is 0 Å². The SMILES string of the molecule is O=C(O)COCCNS(=O)(=O)c1cc(CCl)sc1CCl. The van der Waals surface area contributed by atoms with Crippen LogP contribution < -0.4 is 4.72 Å². The molecule has 0 atom stereocenters. The van der Waals surface area contributed by atoms with Crippen LogP contribution in [0, 0.1) is 0 Å². The fraction of sp³-hybridized carbons (Fsp3) is 0.500. The molecule has 0 fully saturated rings. The van der Waals surface area contributed by atoms with Crippen molar-refractivity contribution in [2.24, 2.45) is 0 Å². The summed E-state index contributed by atoms with van der Waals surface area (Å²) in [7, 11) is -3.70. The van der Waals surface area contributed by atoms with Crippen LogP contribution in [0.15, 0.2) is 11.0 Å². The van der Waals surface area contributed by atoms with E-state index in [4.69, 9.17) is 33.0 Å². The van der Waals surface area contributed by atoms with E-state index in [1.54, 1.807) is 0 Å². The summed E-state index contributed by atoms with van der Waals surface area (Å²) in [5.41, 5.74) is 0. The summed E-state index contributed by atoms with van der Waals surface area (Å²) in [6, 6.07) is 1.48. The lowest BCUT2D eigenvalue weighted by molar-refractivity contribution is -0.142. The van der Waals surface area contributed by atoms with Gasteiger partial charge in [0.2, 0.25) is 10.0 Å². The third kappa shape index (κ3) is 5.19. The second-order valence-corrected chi connectivity index (χ2v) is 7.10. The second-order valence-electron chi connectivity index (χ2n) is 3.61. The normalized spacial score (nSPS) is 11.7. The highest BCUT2D eigenvalue weighted by atomic mass is 35.5. The fourth-order valence-electron chi connectivity index (χ4n) is 1.34. The van der Waals surface area contributed by atoms with Gasteiger partial charge in [0, 0.05) is 16.3 Å². The van der Waals surface area contributed by atoms with Crippen LogP contribution in [0.3, 0.4) is 0 Å². The minimum atomic E-state index is -3.70. The Labute approximate surface area is 130 Å². The molecule has 0 aromatic carbocycles. The first-order valence-electron chi connectivity index (χ1n) is 5.43. The van der Waals surface area contributed by atoms with E-state index in [9.17, 15) is 13.2 Å². The number of alkyl halides is 2. The summed E-state index contributed by atoms with van der Waals surface area (Å²) in [6.45, 7) is -0.527. The maximum Gasteiger partial charge on any atom is 0.329 e. The number of carboxylic acid groups (broad SMARTS) is 1. The molecule has 1 rings (SSSR count). The summed E-state index contributed by atoms with van der Waals surface area (Å²) in [5, 5.41) is 8.36. The monoisotopic (exact) mass is 361 g/mol. The maximum absolute atomic E-state index is 12.1. The molecule has 114 valence electrons. The lowest BCUT2D eigenvalue weighted by atomic mass is 10.4. The number of hydrogen-bond acceptors (Lipinski definition) is 5. The van der Waals surface area contributed by atoms with Crippen LogP contribution in [0.4, 0.5) is 0 Å². The highest BCUT2D eigenvalue weighted by molar-refractivity contribution is 7.89. The largest absolute Gasteiger partial charge is 0.480 e. The van der Waals surface area contributed by atoms with Crippen molar-refractivity contribution in [3.05, 3.63) is 15.8 Å². The number of sulfonamides is 1. The van der Waals surface area contributed by atoms with Crippen LogP contribution in [0.5, 0.6) is 0 Å². The highest BCUT2D eigenvalue weighted by Crippen LogP contribution is 2.28. The first kappa shape index (κ1) is 17.7. The van der Waals surface area contributed by atoms with E-state index < -0.39 is 22.6 Å². The van der Waals surface area contributed by atoms with E-state index in [0.29, 0.717) is 9.75 Å². The molecule has 0 saturated carbocycles. The second kappa shape index (κ2) is 8.16. The number of rotatable bonds is 9. The van der Waals surface area contributed by atoms with Gasteiger partial charge in [0.1, 0.15) is 6.61 Å². The van der Waals surface area contributed by atoms with Crippen molar-refractivity contribution < 1.29 is 23.1 Å². The molecule has 0 saturated heterocycles. The summed E-state index contributed by atoms with van der Waals surface area (Å²) in [6.07, 6.45) is 0.